The summed E-state index contributed by atoms with van der Waals surface area (Å²) in [5.74, 6) is 0. The van der Waals surface area contributed by atoms with Crippen molar-refractivity contribution in [3.63, 3.8) is 0 Å². The van der Waals surface area contributed by atoms with E-state index < -0.39 is 5.54 Å². The molecule has 0 saturated heterocycles. The van der Waals surface area contributed by atoms with Crippen molar-refractivity contribution >= 4 is 16.8 Å². The maximum atomic E-state index is 12.4. The third kappa shape index (κ3) is 2.62. The first-order chi connectivity index (χ1) is 11.6. The standard InChI is InChI=1S/C21H22N2O/c1-21(23(3)20(24)22-2,18-11-5-4-6-12-18)19-14-13-16-9-7-8-10-17(16)15-19/h4-15H,1-3H3,(H,22,24)/t21-/m1/s1. The highest BCUT2D eigenvalue weighted by atomic mass is 16.2. The lowest BCUT2D eigenvalue weighted by molar-refractivity contribution is 0.168. The summed E-state index contributed by atoms with van der Waals surface area (Å²) < 4.78 is 0. The number of fused-ring (bicyclic) bond motifs is 1. The van der Waals surface area contributed by atoms with Crippen molar-refractivity contribution in [2.45, 2.75) is 12.5 Å². The van der Waals surface area contributed by atoms with Crippen LogP contribution in [0.3, 0.4) is 0 Å². The monoisotopic (exact) mass is 318 g/mol. The van der Waals surface area contributed by atoms with E-state index in [4.69, 9.17) is 0 Å². The van der Waals surface area contributed by atoms with Gasteiger partial charge >= 0.3 is 6.03 Å². The second-order valence-corrected chi connectivity index (χ2v) is 6.11. The Balaban J connectivity index is 2.21. The molecule has 0 bridgehead atoms. The Labute approximate surface area is 142 Å². The van der Waals surface area contributed by atoms with Crippen molar-refractivity contribution in [1.82, 2.24) is 10.2 Å². The van der Waals surface area contributed by atoms with Crippen LogP contribution in [0, 0.1) is 0 Å². The molecule has 2 amide bonds. The summed E-state index contributed by atoms with van der Waals surface area (Å²) in [6.07, 6.45) is 0. The zero-order valence-corrected chi connectivity index (χ0v) is 14.3. The van der Waals surface area contributed by atoms with Gasteiger partial charge in [-0.1, -0.05) is 66.7 Å². The summed E-state index contributed by atoms with van der Waals surface area (Å²) in [7, 11) is 3.49. The topological polar surface area (TPSA) is 32.3 Å². The average molecular weight is 318 g/mol. The van der Waals surface area contributed by atoms with E-state index in [1.54, 1.807) is 11.9 Å². The van der Waals surface area contributed by atoms with Crippen LogP contribution in [-0.2, 0) is 5.54 Å². The minimum atomic E-state index is -0.564. The third-order valence-electron chi connectivity index (χ3n) is 4.84. The van der Waals surface area contributed by atoms with Crippen LogP contribution in [0.1, 0.15) is 18.1 Å². The molecule has 0 fully saturated rings. The molecule has 0 aromatic heterocycles. The van der Waals surface area contributed by atoms with E-state index in [0.29, 0.717) is 0 Å². The number of carbonyl (C=O) groups is 1. The molecule has 0 aliphatic carbocycles. The molecular formula is C21H22N2O. The van der Waals surface area contributed by atoms with Crippen LogP contribution < -0.4 is 5.32 Å². The Hall–Kier alpha value is -2.81. The Kier molecular flexibility index (Phi) is 4.26. The fourth-order valence-corrected chi connectivity index (χ4v) is 3.18. The largest absolute Gasteiger partial charge is 0.341 e. The fraction of sp³-hybridized carbons (Fsp3) is 0.190. The third-order valence-corrected chi connectivity index (χ3v) is 4.84. The summed E-state index contributed by atoms with van der Waals surface area (Å²) in [6.45, 7) is 2.08. The minimum Gasteiger partial charge on any atom is -0.341 e. The first kappa shape index (κ1) is 16.1. The summed E-state index contributed by atoms with van der Waals surface area (Å²) in [4.78, 5) is 14.1. The van der Waals surface area contributed by atoms with E-state index in [1.165, 1.54) is 10.8 Å². The average Bonchev–Trinajstić information content (AvgIpc) is 2.66. The van der Waals surface area contributed by atoms with Crippen LogP contribution in [0.4, 0.5) is 4.79 Å². The molecule has 0 aliphatic rings. The van der Waals surface area contributed by atoms with E-state index in [0.717, 1.165) is 11.1 Å². The van der Waals surface area contributed by atoms with Crippen molar-refractivity contribution in [1.29, 1.82) is 0 Å². The van der Waals surface area contributed by atoms with Crippen molar-refractivity contribution in [2.24, 2.45) is 0 Å². The number of urea groups is 1. The van der Waals surface area contributed by atoms with Crippen LogP contribution in [0.25, 0.3) is 10.8 Å². The molecule has 3 aromatic rings. The molecule has 3 nitrogen and oxygen atoms in total. The van der Waals surface area contributed by atoms with Gasteiger partial charge in [0.25, 0.3) is 0 Å². The Morgan fingerprint density at radius 3 is 2.17 bits per heavy atom. The second-order valence-electron chi connectivity index (χ2n) is 6.11. The normalized spacial score (nSPS) is 13.3. The van der Waals surface area contributed by atoms with Gasteiger partial charge in [-0.15, -0.1) is 0 Å². The van der Waals surface area contributed by atoms with Gasteiger partial charge in [-0.3, -0.25) is 0 Å². The van der Waals surface area contributed by atoms with Gasteiger partial charge in [0.05, 0.1) is 5.54 Å². The van der Waals surface area contributed by atoms with Gasteiger partial charge in [0, 0.05) is 14.1 Å². The zero-order valence-electron chi connectivity index (χ0n) is 14.3. The number of amides is 2. The fourth-order valence-electron chi connectivity index (χ4n) is 3.18. The second kappa shape index (κ2) is 6.36. The first-order valence-electron chi connectivity index (χ1n) is 8.07. The molecule has 3 heteroatoms. The predicted molar refractivity (Wildman–Crippen MR) is 99.1 cm³/mol. The summed E-state index contributed by atoms with van der Waals surface area (Å²) >= 11 is 0. The lowest BCUT2D eigenvalue weighted by atomic mass is 9.82. The van der Waals surface area contributed by atoms with Gasteiger partial charge in [0.15, 0.2) is 0 Å². The summed E-state index contributed by atoms with van der Waals surface area (Å²) in [6, 6.07) is 24.7. The van der Waals surface area contributed by atoms with Crippen LogP contribution in [-0.4, -0.2) is 25.0 Å². The molecule has 1 atom stereocenters. The number of hydrogen-bond donors (Lipinski definition) is 1. The Morgan fingerprint density at radius 2 is 1.50 bits per heavy atom. The van der Waals surface area contributed by atoms with E-state index in [9.17, 15) is 4.79 Å². The van der Waals surface area contributed by atoms with Gasteiger partial charge in [-0.25, -0.2) is 4.79 Å². The lowest BCUT2D eigenvalue weighted by Crippen LogP contribution is -2.49. The lowest BCUT2D eigenvalue weighted by Gasteiger charge is -2.40. The highest BCUT2D eigenvalue weighted by Gasteiger charge is 2.36. The van der Waals surface area contributed by atoms with Crippen molar-refractivity contribution in [3.8, 4) is 0 Å². The summed E-state index contributed by atoms with van der Waals surface area (Å²) in [5, 5.41) is 5.10. The van der Waals surface area contributed by atoms with E-state index in [1.807, 2.05) is 37.4 Å². The first-order valence-corrected chi connectivity index (χ1v) is 8.07. The smallest absolute Gasteiger partial charge is 0.317 e. The van der Waals surface area contributed by atoms with Crippen LogP contribution in [0.2, 0.25) is 0 Å². The number of benzene rings is 3. The molecule has 0 heterocycles. The van der Waals surface area contributed by atoms with Gasteiger partial charge in [0.2, 0.25) is 0 Å². The number of nitrogens with zero attached hydrogens (tertiary/aromatic N) is 1. The van der Waals surface area contributed by atoms with Gasteiger partial charge in [-0.2, -0.15) is 0 Å². The van der Waals surface area contributed by atoms with E-state index in [2.05, 4.69) is 54.7 Å². The molecule has 0 spiro atoms. The number of rotatable bonds is 3. The van der Waals surface area contributed by atoms with Crippen molar-refractivity contribution in [2.75, 3.05) is 14.1 Å². The maximum Gasteiger partial charge on any atom is 0.317 e. The molecule has 1 N–H and O–H groups in total. The van der Waals surface area contributed by atoms with E-state index in [-0.39, 0.29) is 6.03 Å². The molecule has 0 saturated carbocycles. The number of carbonyl (C=O) groups excluding carboxylic acids is 1. The summed E-state index contributed by atoms with van der Waals surface area (Å²) in [5.41, 5.74) is 1.59. The van der Waals surface area contributed by atoms with Crippen LogP contribution in [0.5, 0.6) is 0 Å². The highest BCUT2D eigenvalue weighted by Crippen LogP contribution is 2.36. The molecule has 3 rings (SSSR count). The van der Waals surface area contributed by atoms with Gasteiger partial charge < -0.3 is 10.2 Å². The number of nitrogens with one attached hydrogen (secondary N) is 1. The highest BCUT2D eigenvalue weighted by molar-refractivity contribution is 5.84. The number of hydrogen-bond acceptors (Lipinski definition) is 1. The van der Waals surface area contributed by atoms with Crippen LogP contribution >= 0.6 is 0 Å². The minimum absolute atomic E-state index is 0.116. The molecule has 24 heavy (non-hydrogen) atoms. The zero-order chi connectivity index (χ0) is 17.2. The van der Waals surface area contributed by atoms with Crippen molar-refractivity contribution < 1.29 is 4.79 Å². The molecule has 3 aromatic carbocycles. The molecule has 0 unspecified atom stereocenters. The molecule has 0 aliphatic heterocycles. The SMILES string of the molecule is CNC(=O)N(C)[C@](C)(c1ccccc1)c1ccc2ccccc2c1. The van der Waals surface area contributed by atoms with Crippen molar-refractivity contribution in [3.05, 3.63) is 83.9 Å². The predicted octanol–water partition coefficient (Wildman–Crippen LogP) is 4.37. The maximum absolute atomic E-state index is 12.4. The molecule has 0 radical (unpaired) electrons. The van der Waals surface area contributed by atoms with Gasteiger partial charge in [0.1, 0.15) is 0 Å². The molecular weight excluding hydrogens is 296 g/mol. The van der Waals surface area contributed by atoms with Crippen LogP contribution in [0.15, 0.2) is 72.8 Å². The quantitative estimate of drug-likeness (QED) is 0.764. The molecule has 122 valence electrons. The Bertz CT molecular complexity index is 860. The van der Waals surface area contributed by atoms with E-state index >= 15 is 0 Å². The Morgan fingerprint density at radius 1 is 0.875 bits per heavy atom. The van der Waals surface area contributed by atoms with Gasteiger partial charge in [-0.05, 0) is 34.9 Å².